The maximum Gasteiger partial charge on any atom is 0.161 e. The second kappa shape index (κ2) is 4.79. The van der Waals surface area contributed by atoms with Gasteiger partial charge >= 0.3 is 0 Å². The fourth-order valence-electron chi connectivity index (χ4n) is 1.76. The zero-order valence-electron chi connectivity index (χ0n) is 9.52. The first-order valence-corrected chi connectivity index (χ1v) is 5.35. The quantitative estimate of drug-likeness (QED) is 0.809. The fraction of sp³-hybridized carbons (Fsp3) is 0.231. The minimum absolute atomic E-state index is 0.230. The van der Waals surface area contributed by atoms with Gasteiger partial charge in [0.1, 0.15) is 11.9 Å². The molecule has 1 heterocycles. The first kappa shape index (κ1) is 11.3. The van der Waals surface area contributed by atoms with Crippen LogP contribution in [0.15, 0.2) is 30.6 Å². The SMILES string of the molecule is Cn1cnc(C#N)c1CCc1ccc(F)cc1. The fourth-order valence-corrected chi connectivity index (χ4v) is 1.76. The number of hydrogen-bond acceptors (Lipinski definition) is 2. The molecule has 86 valence electrons. The Morgan fingerprint density at radius 2 is 2.00 bits per heavy atom. The Hall–Kier alpha value is -2.15. The van der Waals surface area contributed by atoms with Crippen LogP contribution in [0.2, 0.25) is 0 Å². The van der Waals surface area contributed by atoms with Gasteiger partial charge in [-0.3, -0.25) is 0 Å². The Morgan fingerprint density at radius 3 is 2.65 bits per heavy atom. The lowest BCUT2D eigenvalue weighted by Crippen LogP contribution is -2.00. The summed E-state index contributed by atoms with van der Waals surface area (Å²) in [6.45, 7) is 0. The van der Waals surface area contributed by atoms with Gasteiger partial charge in [0.25, 0.3) is 0 Å². The molecule has 0 saturated carbocycles. The van der Waals surface area contributed by atoms with E-state index in [9.17, 15) is 4.39 Å². The molecule has 0 amide bonds. The zero-order valence-corrected chi connectivity index (χ0v) is 9.52. The van der Waals surface area contributed by atoms with Gasteiger partial charge in [-0.25, -0.2) is 9.37 Å². The van der Waals surface area contributed by atoms with E-state index in [0.717, 1.165) is 24.1 Å². The van der Waals surface area contributed by atoms with Gasteiger partial charge in [-0.15, -0.1) is 0 Å². The van der Waals surface area contributed by atoms with E-state index in [1.807, 2.05) is 11.6 Å². The molecule has 1 aromatic carbocycles. The van der Waals surface area contributed by atoms with Crippen LogP contribution in [-0.4, -0.2) is 9.55 Å². The molecule has 0 bridgehead atoms. The highest BCUT2D eigenvalue weighted by Crippen LogP contribution is 2.11. The summed E-state index contributed by atoms with van der Waals surface area (Å²) in [5, 5.41) is 8.89. The third kappa shape index (κ3) is 2.51. The Bertz CT molecular complexity index is 549. The molecule has 0 aliphatic carbocycles. The summed E-state index contributed by atoms with van der Waals surface area (Å²) < 4.78 is 14.6. The van der Waals surface area contributed by atoms with Crippen LogP contribution in [-0.2, 0) is 19.9 Å². The Morgan fingerprint density at radius 1 is 1.29 bits per heavy atom. The van der Waals surface area contributed by atoms with Gasteiger partial charge in [0.15, 0.2) is 5.69 Å². The van der Waals surface area contributed by atoms with Gasteiger partial charge in [-0.05, 0) is 30.5 Å². The van der Waals surface area contributed by atoms with Crippen LogP contribution in [0.3, 0.4) is 0 Å². The molecule has 2 rings (SSSR count). The molecular formula is C13H12FN3. The normalized spacial score (nSPS) is 10.2. The van der Waals surface area contributed by atoms with Crippen molar-refractivity contribution in [2.45, 2.75) is 12.8 Å². The third-order valence-corrected chi connectivity index (χ3v) is 2.73. The van der Waals surface area contributed by atoms with E-state index in [1.54, 1.807) is 18.5 Å². The molecule has 0 atom stereocenters. The van der Waals surface area contributed by atoms with E-state index in [2.05, 4.69) is 11.1 Å². The Labute approximate surface area is 99.1 Å². The average Bonchev–Trinajstić information content (AvgIpc) is 2.69. The van der Waals surface area contributed by atoms with Gasteiger partial charge in [-0.1, -0.05) is 12.1 Å². The number of halogens is 1. The van der Waals surface area contributed by atoms with Crippen molar-refractivity contribution in [3.05, 3.63) is 53.4 Å². The van der Waals surface area contributed by atoms with Gasteiger partial charge < -0.3 is 4.57 Å². The maximum absolute atomic E-state index is 12.7. The van der Waals surface area contributed by atoms with Crippen molar-refractivity contribution in [1.29, 1.82) is 5.26 Å². The molecule has 0 fully saturated rings. The number of hydrogen-bond donors (Lipinski definition) is 0. The average molecular weight is 229 g/mol. The van der Waals surface area contributed by atoms with Crippen LogP contribution in [0.1, 0.15) is 17.0 Å². The summed E-state index contributed by atoms with van der Waals surface area (Å²) in [7, 11) is 1.87. The molecule has 0 unspecified atom stereocenters. The minimum Gasteiger partial charge on any atom is -0.336 e. The summed E-state index contributed by atoms with van der Waals surface area (Å²) in [4.78, 5) is 4.00. The molecule has 3 nitrogen and oxygen atoms in total. The number of nitrogens with zero attached hydrogens (tertiary/aromatic N) is 3. The molecule has 2 aromatic rings. The van der Waals surface area contributed by atoms with Crippen LogP contribution < -0.4 is 0 Å². The summed E-state index contributed by atoms with van der Waals surface area (Å²) in [6, 6.07) is 8.49. The number of imidazole rings is 1. The van der Waals surface area contributed by atoms with Crippen molar-refractivity contribution in [3.63, 3.8) is 0 Å². The van der Waals surface area contributed by atoms with Crippen LogP contribution in [0.5, 0.6) is 0 Å². The highest BCUT2D eigenvalue weighted by atomic mass is 19.1. The van der Waals surface area contributed by atoms with Crippen molar-refractivity contribution in [2.75, 3.05) is 0 Å². The van der Waals surface area contributed by atoms with E-state index in [4.69, 9.17) is 5.26 Å². The standard InChI is InChI=1S/C13H12FN3/c1-17-9-16-12(8-15)13(17)7-4-10-2-5-11(14)6-3-10/h2-3,5-6,9H,4,7H2,1H3. The van der Waals surface area contributed by atoms with E-state index in [1.165, 1.54) is 12.1 Å². The first-order valence-electron chi connectivity index (χ1n) is 5.35. The molecule has 0 aliphatic heterocycles. The summed E-state index contributed by atoms with van der Waals surface area (Å²) >= 11 is 0. The Kier molecular flexibility index (Phi) is 3.20. The van der Waals surface area contributed by atoms with Crippen molar-refractivity contribution >= 4 is 0 Å². The van der Waals surface area contributed by atoms with Crippen LogP contribution >= 0.6 is 0 Å². The first-order chi connectivity index (χ1) is 8.20. The summed E-state index contributed by atoms with van der Waals surface area (Å²) in [5.41, 5.74) is 2.43. The Balaban J connectivity index is 2.10. The molecule has 0 radical (unpaired) electrons. The predicted octanol–water partition coefficient (Wildman–Crippen LogP) is 2.22. The number of rotatable bonds is 3. The lowest BCUT2D eigenvalue weighted by atomic mass is 10.1. The van der Waals surface area contributed by atoms with Crippen molar-refractivity contribution in [1.82, 2.24) is 9.55 Å². The highest BCUT2D eigenvalue weighted by molar-refractivity contribution is 5.28. The maximum atomic E-state index is 12.7. The van der Waals surface area contributed by atoms with Crippen molar-refractivity contribution in [3.8, 4) is 6.07 Å². The molecule has 4 heteroatoms. The smallest absolute Gasteiger partial charge is 0.161 e. The molecular weight excluding hydrogens is 217 g/mol. The van der Waals surface area contributed by atoms with Crippen LogP contribution in [0.25, 0.3) is 0 Å². The van der Waals surface area contributed by atoms with Gasteiger partial charge in [0.2, 0.25) is 0 Å². The summed E-state index contributed by atoms with van der Waals surface area (Å²) in [6.07, 6.45) is 3.14. The number of benzene rings is 1. The molecule has 1 aromatic heterocycles. The van der Waals surface area contributed by atoms with Crippen LogP contribution in [0.4, 0.5) is 4.39 Å². The number of aryl methyl sites for hydroxylation is 2. The van der Waals surface area contributed by atoms with Gasteiger partial charge in [-0.2, -0.15) is 5.26 Å². The van der Waals surface area contributed by atoms with Gasteiger partial charge in [0, 0.05) is 7.05 Å². The largest absolute Gasteiger partial charge is 0.336 e. The zero-order chi connectivity index (χ0) is 12.3. The van der Waals surface area contributed by atoms with E-state index in [-0.39, 0.29) is 5.82 Å². The second-order valence-corrected chi connectivity index (χ2v) is 3.89. The second-order valence-electron chi connectivity index (χ2n) is 3.89. The molecule has 0 aliphatic rings. The molecule has 0 N–H and O–H groups in total. The number of aromatic nitrogens is 2. The lowest BCUT2D eigenvalue weighted by molar-refractivity contribution is 0.627. The van der Waals surface area contributed by atoms with E-state index >= 15 is 0 Å². The lowest BCUT2D eigenvalue weighted by Gasteiger charge is -2.03. The highest BCUT2D eigenvalue weighted by Gasteiger charge is 2.07. The summed E-state index contributed by atoms with van der Waals surface area (Å²) in [5.74, 6) is -0.230. The monoisotopic (exact) mass is 229 g/mol. The van der Waals surface area contributed by atoms with Crippen molar-refractivity contribution < 1.29 is 4.39 Å². The van der Waals surface area contributed by atoms with E-state index in [0.29, 0.717) is 5.69 Å². The molecule has 17 heavy (non-hydrogen) atoms. The van der Waals surface area contributed by atoms with E-state index < -0.39 is 0 Å². The van der Waals surface area contributed by atoms with Gasteiger partial charge in [0.05, 0.1) is 12.0 Å². The number of nitriles is 1. The molecule has 0 spiro atoms. The minimum atomic E-state index is -0.230. The third-order valence-electron chi connectivity index (χ3n) is 2.73. The molecule has 0 saturated heterocycles. The predicted molar refractivity (Wildman–Crippen MR) is 61.7 cm³/mol. The van der Waals surface area contributed by atoms with Crippen LogP contribution in [0, 0.1) is 17.1 Å². The van der Waals surface area contributed by atoms with Crippen molar-refractivity contribution in [2.24, 2.45) is 7.05 Å². The topological polar surface area (TPSA) is 41.6 Å².